The molecule has 0 radical (unpaired) electrons. The van der Waals surface area contributed by atoms with Crippen molar-refractivity contribution in [2.45, 2.75) is 0 Å². The van der Waals surface area contributed by atoms with Crippen molar-refractivity contribution in [2.24, 2.45) is 0 Å². The second-order valence-electron chi connectivity index (χ2n) is 5.37. The first-order valence-corrected chi connectivity index (χ1v) is 9.76. The smallest absolute Gasteiger partial charge is 0.294 e. The average molecular weight is 499 g/mol. The molecule has 0 unspecified atom stereocenters. The lowest BCUT2D eigenvalue weighted by molar-refractivity contribution is -0.127. The molecule has 3 amide bonds. The Balaban J connectivity index is 1.67. The van der Waals surface area contributed by atoms with Crippen molar-refractivity contribution < 1.29 is 14.4 Å². The van der Waals surface area contributed by atoms with Gasteiger partial charge in [0.25, 0.3) is 11.1 Å². The van der Waals surface area contributed by atoms with Crippen molar-refractivity contribution in [3.63, 3.8) is 0 Å². The molecule has 1 fully saturated rings. The quantitative estimate of drug-likeness (QED) is 0.493. The van der Waals surface area contributed by atoms with Crippen LogP contribution in [0.5, 0.6) is 0 Å². The van der Waals surface area contributed by atoms with Crippen LogP contribution in [0.15, 0.2) is 53.4 Å². The number of imide groups is 1. The fourth-order valence-corrected chi connectivity index (χ4v) is 3.55. The molecule has 5 nitrogen and oxygen atoms in total. The highest BCUT2D eigenvalue weighted by Gasteiger charge is 2.36. The van der Waals surface area contributed by atoms with Gasteiger partial charge in [-0.25, -0.2) is 0 Å². The van der Waals surface area contributed by atoms with E-state index in [0.29, 0.717) is 15.6 Å². The highest BCUT2D eigenvalue weighted by molar-refractivity contribution is 14.1. The first kappa shape index (κ1) is 18.9. The molecule has 8 heteroatoms. The second kappa shape index (κ2) is 8.24. The summed E-state index contributed by atoms with van der Waals surface area (Å²) in [6.45, 7) is -0.336. The molecule has 1 heterocycles. The van der Waals surface area contributed by atoms with Crippen molar-refractivity contribution in [1.29, 1.82) is 0 Å². The second-order valence-corrected chi connectivity index (χ2v) is 8.05. The van der Waals surface area contributed by atoms with Crippen LogP contribution in [-0.4, -0.2) is 28.5 Å². The van der Waals surface area contributed by atoms with E-state index in [9.17, 15) is 14.4 Å². The standard InChI is InChI=1S/C18H12ClIN2O3S/c19-12-3-7-14(8-4-12)21-16(23)10-22-17(24)15(26-18(22)25)9-11-1-5-13(20)6-2-11/h1-9H,10H2,(H,21,23)/b15-9-. The van der Waals surface area contributed by atoms with Crippen molar-refractivity contribution in [2.75, 3.05) is 11.9 Å². The zero-order chi connectivity index (χ0) is 18.7. The predicted octanol–water partition coefficient (Wildman–Crippen LogP) is 4.62. The van der Waals surface area contributed by atoms with E-state index >= 15 is 0 Å². The maximum absolute atomic E-state index is 12.4. The van der Waals surface area contributed by atoms with Crippen LogP contribution in [-0.2, 0) is 9.59 Å². The van der Waals surface area contributed by atoms with Gasteiger partial charge in [0.2, 0.25) is 5.91 Å². The number of hydrogen-bond donors (Lipinski definition) is 1. The summed E-state index contributed by atoms with van der Waals surface area (Å²) in [6, 6.07) is 14.1. The lowest BCUT2D eigenvalue weighted by Gasteiger charge is -2.12. The number of nitrogens with zero attached hydrogens (tertiary/aromatic N) is 1. The molecule has 3 rings (SSSR count). The molecule has 0 saturated carbocycles. The van der Waals surface area contributed by atoms with Gasteiger partial charge >= 0.3 is 0 Å². The summed E-state index contributed by atoms with van der Waals surface area (Å²) in [7, 11) is 0. The first-order valence-electron chi connectivity index (χ1n) is 7.49. The summed E-state index contributed by atoms with van der Waals surface area (Å²) < 4.78 is 1.08. The van der Waals surface area contributed by atoms with E-state index in [0.717, 1.165) is 25.8 Å². The third-order valence-electron chi connectivity index (χ3n) is 3.47. The van der Waals surface area contributed by atoms with Crippen LogP contribution in [0.25, 0.3) is 6.08 Å². The fraction of sp³-hybridized carbons (Fsp3) is 0.0556. The lowest BCUT2D eigenvalue weighted by Crippen LogP contribution is -2.36. The number of carbonyl (C=O) groups excluding carboxylic acids is 3. The Morgan fingerprint density at radius 3 is 2.42 bits per heavy atom. The van der Waals surface area contributed by atoms with Crippen molar-refractivity contribution in [3.05, 3.63) is 67.6 Å². The Kier molecular flexibility index (Phi) is 6.00. The van der Waals surface area contributed by atoms with Crippen LogP contribution in [0.4, 0.5) is 10.5 Å². The molecule has 2 aromatic rings. The van der Waals surface area contributed by atoms with Crippen LogP contribution in [0.2, 0.25) is 5.02 Å². The monoisotopic (exact) mass is 498 g/mol. The van der Waals surface area contributed by atoms with Gasteiger partial charge in [0.15, 0.2) is 0 Å². The number of anilines is 1. The molecule has 0 aliphatic carbocycles. The Hall–Kier alpha value is -1.84. The van der Waals surface area contributed by atoms with Gasteiger partial charge in [-0.05, 0) is 82.4 Å². The minimum atomic E-state index is -0.468. The molecule has 0 bridgehead atoms. The van der Waals surface area contributed by atoms with Crippen LogP contribution >= 0.6 is 46.0 Å². The van der Waals surface area contributed by atoms with Gasteiger partial charge in [0.05, 0.1) is 4.91 Å². The van der Waals surface area contributed by atoms with Crippen LogP contribution in [0.3, 0.4) is 0 Å². The first-order chi connectivity index (χ1) is 12.4. The third-order valence-corrected chi connectivity index (χ3v) is 5.35. The number of nitrogens with one attached hydrogen (secondary N) is 1. The minimum absolute atomic E-state index is 0.301. The molecule has 0 spiro atoms. The summed E-state index contributed by atoms with van der Waals surface area (Å²) in [5.74, 6) is -0.921. The summed E-state index contributed by atoms with van der Waals surface area (Å²) >= 11 is 8.81. The highest BCUT2D eigenvalue weighted by Crippen LogP contribution is 2.32. The zero-order valence-electron chi connectivity index (χ0n) is 13.2. The molecule has 1 saturated heterocycles. The Bertz CT molecular complexity index is 898. The molecular weight excluding hydrogens is 487 g/mol. The number of carbonyl (C=O) groups is 3. The van der Waals surface area contributed by atoms with Gasteiger partial charge in [-0.2, -0.15) is 0 Å². The number of benzene rings is 2. The lowest BCUT2D eigenvalue weighted by atomic mass is 10.2. The van der Waals surface area contributed by atoms with E-state index in [-0.39, 0.29) is 6.54 Å². The average Bonchev–Trinajstić information content (AvgIpc) is 2.86. The summed E-state index contributed by atoms with van der Waals surface area (Å²) in [6.07, 6.45) is 1.65. The normalized spacial score (nSPS) is 15.6. The van der Waals surface area contributed by atoms with Crippen LogP contribution in [0.1, 0.15) is 5.56 Å². The molecular formula is C18H12ClIN2O3S. The van der Waals surface area contributed by atoms with E-state index in [4.69, 9.17) is 11.6 Å². The van der Waals surface area contributed by atoms with Gasteiger partial charge < -0.3 is 5.32 Å². The fourth-order valence-electron chi connectivity index (χ4n) is 2.22. The SMILES string of the molecule is O=C(CN1C(=O)S/C(=C\c2ccc(I)cc2)C1=O)Nc1ccc(Cl)cc1. The van der Waals surface area contributed by atoms with E-state index in [2.05, 4.69) is 27.9 Å². The molecule has 26 heavy (non-hydrogen) atoms. The molecule has 0 atom stereocenters. The van der Waals surface area contributed by atoms with E-state index in [1.807, 2.05) is 24.3 Å². The molecule has 2 aromatic carbocycles. The number of rotatable bonds is 4. The van der Waals surface area contributed by atoms with Crippen molar-refractivity contribution >= 4 is 74.8 Å². The van der Waals surface area contributed by atoms with Gasteiger partial charge in [0, 0.05) is 14.3 Å². The number of amides is 3. The predicted molar refractivity (Wildman–Crippen MR) is 112 cm³/mol. The van der Waals surface area contributed by atoms with Gasteiger partial charge in [0.1, 0.15) is 6.54 Å². The maximum Gasteiger partial charge on any atom is 0.294 e. The largest absolute Gasteiger partial charge is 0.325 e. The summed E-state index contributed by atoms with van der Waals surface area (Å²) in [5, 5.41) is 2.73. The Morgan fingerprint density at radius 2 is 1.77 bits per heavy atom. The molecule has 1 aliphatic heterocycles. The summed E-state index contributed by atoms with van der Waals surface area (Å²) in [5.41, 5.74) is 1.36. The Labute approximate surface area is 172 Å². The van der Waals surface area contributed by atoms with Crippen molar-refractivity contribution in [3.8, 4) is 0 Å². The number of halogens is 2. The number of hydrogen-bond acceptors (Lipinski definition) is 4. The van der Waals surface area contributed by atoms with Gasteiger partial charge in [-0.1, -0.05) is 23.7 Å². The molecule has 1 aliphatic rings. The van der Waals surface area contributed by atoms with E-state index in [1.165, 1.54) is 0 Å². The topological polar surface area (TPSA) is 66.5 Å². The van der Waals surface area contributed by atoms with Crippen LogP contribution < -0.4 is 5.32 Å². The zero-order valence-corrected chi connectivity index (χ0v) is 17.0. The Morgan fingerprint density at radius 1 is 1.12 bits per heavy atom. The minimum Gasteiger partial charge on any atom is -0.325 e. The summed E-state index contributed by atoms with van der Waals surface area (Å²) in [4.78, 5) is 37.9. The molecule has 1 N–H and O–H groups in total. The highest BCUT2D eigenvalue weighted by atomic mass is 127. The maximum atomic E-state index is 12.4. The molecule has 0 aromatic heterocycles. The number of thioether (sulfide) groups is 1. The van der Waals surface area contributed by atoms with Crippen LogP contribution in [0, 0.1) is 3.57 Å². The van der Waals surface area contributed by atoms with E-state index < -0.39 is 17.1 Å². The third kappa shape index (κ3) is 4.66. The molecule has 132 valence electrons. The van der Waals surface area contributed by atoms with Crippen molar-refractivity contribution in [1.82, 2.24) is 4.90 Å². The van der Waals surface area contributed by atoms with Gasteiger partial charge in [-0.3, -0.25) is 19.3 Å². The van der Waals surface area contributed by atoms with Gasteiger partial charge in [-0.15, -0.1) is 0 Å². The van der Waals surface area contributed by atoms with E-state index in [1.54, 1.807) is 30.3 Å².